The van der Waals surface area contributed by atoms with Crippen molar-refractivity contribution in [1.29, 1.82) is 0 Å². The molecular formula is C18H23N3O3. The molecule has 1 aromatic carbocycles. The van der Waals surface area contributed by atoms with Gasteiger partial charge >= 0.3 is 0 Å². The summed E-state index contributed by atoms with van der Waals surface area (Å²) in [5, 5.41) is 4.45. The first kappa shape index (κ1) is 16.7. The topological polar surface area (TPSA) is 65.4 Å². The lowest BCUT2D eigenvalue weighted by Gasteiger charge is -2.22. The highest BCUT2D eigenvalue weighted by Crippen LogP contribution is 2.13. The number of aromatic nitrogens is 2. The van der Waals surface area contributed by atoms with Crippen LogP contribution in [0.15, 0.2) is 30.3 Å². The molecule has 0 radical (unpaired) electrons. The molecule has 1 saturated heterocycles. The van der Waals surface area contributed by atoms with E-state index in [1.807, 2.05) is 42.8 Å². The molecule has 1 amide bonds. The summed E-state index contributed by atoms with van der Waals surface area (Å²) in [6.07, 6.45) is 2.56. The zero-order valence-corrected chi connectivity index (χ0v) is 14.1. The Morgan fingerprint density at radius 3 is 2.96 bits per heavy atom. The lowest BCUT2D eigenvalue weighted by Crippen LogP contribution is -2.33. The van der Waals surface area contributed by atoms with Crippen LogP contribution in [0.25, 0.3) is 0 Å². The zero-order valence-electron chi connectivity index (χ0n) is 14.1. The van der Waals surface area contributed by atoms with Crippen LogP contribution in [-0.4, -0.2) is 28.6 Å². The standard InChI is InChI=1S/C18H23N3O3/c1-13-10-14(2)21(19-13)12-15-6-5-7-16(11-15)18(22)20-24-17-8-3-4-9-23-17/h5-7,10-11,17H,3-4,8-9,12H2,1-2H3,(H,20,22). The summed E-state index contributed by atoms with van der Waals surface area (Å²) in [7, 11) is 0. The van der Waals surface area contributed by atoms with Crippen LogP contribution in [0.3, 0.4) is 0 Å². The molecule has 2 aromatic rings. The normalized spacial score (nSPS) is 17.7. The van der Waals surface area contributed by atoms with Crippen LogP contribution in [0.4, 0.5) is 0 Å². The SMILES string of the molecule is Cc1cc(C)n(Cc2cccc(C(=O)NOC3CCCCO3)c2)n1. The molecule has 0 aliphatic carbocycles. The molecule has 128 valence electrons. The summed E-state index contributed by atoms with van der Waals surface area (Å²) >= 11 is 0. The third kappa shape index (κ3) is 4.21. The molecule has 6 heteroatoms. The van der Waals surface area contributed by atoms with Crippen molar-refractivity contribution in [3.63, 3.8) is 0 Å². The predicted octanol–water partition coefficient (Wildman–Crippen LogP) is 2.74. The summed E-state index contributed by atoms with van der Waals surface area (Å²) in [6.45, 7) is 5.30. The summed E-state index contributed by atoms with van der Waals surface area (Å²) in [5.41, 5.74) is 6.15. The summed E-state index contributed by atoms with van der Waals surface area (Å²) < 4.78 is 7.36. The number of hydroxylamine groups is 1. The smallest absolute Gasteiger partial charge is 0.274 e. The zero-order chi connectivity index (χ0) is 16.9. The van der Waals surface area contributed by atoms with Gasteiger partial charge in [0.2, 0.25) is 0 Å². The van der Waals surface area contributed by atoms with Crippen molar-refractivity contribution in [1.82, 2.24) is 15.3 Å². The Bertz CT molecular complexity index is 705. The molecule has 1 N–H and O–H groups in total. The Hall–Kier alpha value is -2.18. The van der Waals surface area contributed by atoms with Gasteiger partial charge in [0.25, 0.3) is 5.91 Å². The van der Waals surface area contributed by atoms with Gasteiger partial charge in [-0.1, -0.05) is 12.1 Å². The van der Waals surface area contributed by atoms with E-state index in [1.165, 1.54) is 0 Å². The molecule has 0 spiro atoms. The first-order valence-electron chi connectivity index (χ1n) is 8.29. The van der Waals surface area contributed by atoms with Crippen molar-refractivity contribution in [3.05, 3.63) is 52.8 Å². The maximum absolute atomic E-state index is 12.2. The number of aryl methyl sites for hydroxylation is 2. The van der Waals surface area contributed by atoms with Gasteiger partial charge in [0.15, 0.2) is 6.29 Å². The second kappa shape index (κ2) is 7.59. The van der Waals surface area contributed by atoms with E-state index < -0.39 is 0 Å². The Morgan fingerprint density at radius 1 is 1.38 bits per heavy atom. The minimum atomic E-state index is -0.347. The first-order valence-corrected chi connectivity index (χ1v) is 8.29. The molecule has 1 fully saturated rings. The number of nitrogens with zero attached hydrogens (tertiary/aromatic N) is 2. The van der Waals surface area contributed by atoms with Gasteiger partial charge in [0.1, 0.15) is 0 Å². The maximum atomic E-state index is 12.2. The van der Waals surface area contributed by atoms with Crippen LogP contribution >= 0.6 is 0 Å². The molecule has 6 nitrogen and oxygen atoms in total. The number of hydrogen-bond acceptors (Lipinski definition) is 4. The number of carbonyl (C=O) groups is 1. The lowest BCUT2D eigenvalue weighted by atomic mass is 10.1. The second-order valence-electron chi connectivity index (χ2n) is 6.13. The second-order valence-corrected chi connectivity index (χ2v) is 6.13. The van der Waals surface area contributed by atoms with E-state index in [4.69, 9.17) is 9.57 Å². The van der Waals surface area contributed by atoms with Crippen LogP contribution in [0, 0.1) is 13.8 Å². The monoisotopic (exact) mass is 329 g/mol. The number of nitrogens with one attached hydrogen (secondary N) is 1. The van der Waals surface area contributed by atoms with E-state index >= 15 is 0 Å². The highest BCUT2D eigenvalue weighted by atomic mass is 16.8. The van der Waals surface area contributed by atoms with Crippen molar-refractivity contribution in [2.75, 3.05) is 6.61 Å². The summed E-state index contributed by atoms with van der Waals surface area (Å²) in [5.74, 6) is -0.264. The molecule has 24 heavy (non-hydrogen) atoms. The van der Waals surface area contributed by atoms with E-state index in [1.54, 1.807) is 6.07 Å². The van der Waals surface area contributed by atoms with Crippen molar-refractivity contribution < 1.29 is 14.4 Å². The number of hydrogen-bond donors (Lipinski definition) is 1. The fraction of sp³-hybridized carbons (Fsp3) is 0.444. The van der Waals surface area contributed by atoms with Crippen molar-refractivity contribution >= 4 is 5.91 Å². The molecule has 0 saturated carbocycles. The average molecular weight is 329 g/mol. The Kier molecular flexibility index (Phi) is 5.27. The first-order chi connectivity index (χ1) is 11.6. The number of benzene rings is 1. The van der Waals surface area contributed by atoms with Gasteiger partial charge in [-0.25, -0.2) is 10.3 Å². The fourth-order valence-electron chi connectivity index (χ4n) is 2.80. The van der Waals surface area contributed by atoms with Gasteiger partial charge in [-0.3, -0.25) is 9.48 Å². The lowest BCUT2D eigenvalue weighted by molar-refractivity contribution is -0.186. The Labute approximate surface area is 141 Å². The van der Waals surface area contributed by atoms with Gasteiger partial charge in [-0.15, -0.1) is 0 Å². The highest BCUT2D eigenvalue weighted by molar-refractivity contribution is 5.93. The van der Waals surface area contributed by atoms with Gasteiger partial charge in [0, 0.05) is 24.3 Å². The van der Waals surface area contributed by atoms with Gasteiger partial charge in [-0.2, -0.15) is 5.10 Å². The van der Waals surface area contributed by atoms with Crippen molar-refractivity contribution in [2.45, 2.75) is 45.9 Å². The summed E-state index contributed by atoms with van der Waals surface area (Å²) in [6, 6.07) is 9.52. The quantitative estimate of drug-likeness (QED) is 0.857. The van der Waals surface area contributed by atoms with E-state index in [0.29, 0.717) is 18.7 Å². The van der Waals surface area contributed by atoms with Gasteiger partial charge in [-0.05, 0) is 50.5 Å². The molecule has 3 rings (SSSR count). The largest absolute Gasteiger partial charge is 0.350 e. The van der Waals surface area contributed by atoms with E-state index in [9.17, 15) is 4.79 Å². The van der Waals surface area contributed by atoms with Crippen molar-refractivity contribution in [2.24, 2.45) is 0 Å². The minimum Gasteiger partial charge on any atom is -0.350 e. The fourth-order valence-corrected chi connectivity index (χ4v) is 2.80. The Balaban J connectivity index is 1.61. The third-order valence-electron chi connectivity index (χ3n) is 4.05. The van der Waals surface area contributed by atoms with Crippen LogP contribution in [0.1, 0.15) is 46.6 Å². The molecule has 1 unspecified atom stereocenters. The average Bonchev–Trinajstić information content (AvgIpc) is 2.91. The number of ether oxygens (including phenoxy) is 1. The highest BCUT2D eigenvalue weighted by Gasteiger charge is 2.16. The third-order valence-corrected chi connectivity index (χ3v) is 4.05. The van der Waals surface area contributed by atoms with E-state index in [0.717, 1.165) is 36.2 Å². The minimum absolute atomic E-state index is 0.264. The number of carbonyl (C=O) groups excluding carboxylic acids is 1. The summed E-state index contributed by atoms with van der Waals surface area (Å²) in [4.78, 5) is 17.6. The van der Waals surface area contributed by atoms with Crippen molar-refractivity contribution in [3.8, 4) is 0 Å². The molecule has 1 aromatic heterocycles. The molecule has 0 bridgehead atoms. The number of amides is 1. The van der Waals surface area contributed by atoms with Crippen LogP contribution in [-0.2, 0) is 16.1 Å². The molecule has 1 atom stereocenters. The molecule has 1 aliphatic rings. The molecule has 2 heterocycles. The van der Waals surface area contributed by atoms with Crippen LogP contribution in [0.5, 0.6) is 0 Å². The van der Waals surface area contributed by atoms with E-state index in [2.05, 4.69) is 10.6 Å². The molecule has 1 aliphatic heterocycles. The van der Waals surface area contributed by atoms with Crippen LogP contribution < -0.4 is 5.48 Å². The van der Waals surface area contributed by atoms with Gasteiger partial charge in [0.05, 0.1) is 12.2 Å². The molecular weight excluding hydrogens is 306 g/mol. The van der Waals surface area contributed by atoms with Gasteiger partial charge < -0.3 is 4.74 Å². The van der Waals surface area contributed by atoms with Crippen LogP contribution in [0.2, 0.25) is 0 Å². The number of rotatable bonds is 5. The Morgan fingerprint density at radius 2 is 2.25 bits per heavy atom. The maximum Gasteiger partial charge on any atom is 0.274 e. The predicted molar refractivity (Wildman–Crippen MR) is 89.4 cm³/mol. The van der Waals surface area contributed by atoms with E-state index in [-0.39, 0.29) is 12.2 Å².